The number of rotatable bonds is 7. The highest BCUT2D eigenvalue weighted by Gasteiger charge is 2.11. The van der Waals surface area contributed by atoms with Crippen molar-refractivity contribution in [1.29, 1.82) is 0 Å². The van der Waals surface area contributed by atoms with Gasteiger partial charge in [-0.25, -0.2) is 0 Å². The van der Waals surface area contributed by atoms with Crippen LogP contribution < -0.4 is 5.32 Å². The molecule has 1 heterocycles. The molecule has 0 aromatic carbocycles. The van der Waals surface area contributed by atoms with E-state index in [1.165, 1.54) is 25.5 Å². The Kier molecular flexibility index (Phi) is 5.68. The van der Waals surface area contributed by atoms with E-state index in [1.54, 1.807) is 12.1 Å². The highest BCUT2D eigenvalue weighted by atomic mass is 16.3. The molecule has 1 amide bonds. The minimum Gasteiger partial charge on any atom is -0.459 e. The van der Waals surface area contributed by atoms with Crippen LogP contribution in [0.3, 0.4) is 0 Å². The van der Waals surface area contributed by atoms with Crippen molar-refractivity contribution in [2.75, 3.05) is 6.54 Å². The van der Waals surface area contributed by atoms with Crippen molar-refractivity contribution < 1.29 is 9.21 Å². The SMILES string of the molecule is CCCCC(CC)CNC(=O)c1ccco1. The van der Waals surface area contributed by atoms with E-state index in [1.807, 2.05) is 0 Å². The molecule has 0 saturated carbocycles. The van der Waals surface area contributed by atoms with Crippen LogP contribution in [0.15, 0.2) is 22.8 Å². The fourth-order valence-electron chi connectivity index (χ4n) is 1.68. The Balaban J connectivity index is 2.29. The van der Waals surface area contributed by atoms with Gasteiger partial charge in [-0.3, -0.25) is 4.79 Å². The third-order valence-corrected chi connectivity index (χ3v) is 2.84. The summed E-state index contributed by atoms with van der Waals surface area (Å²) < 4.78 is 5.03. The van der Waals surface area contributed by atoms with E-state index in [2.05, 4.69) is 19.2 Å². The van der Waals surface area contributed by atoms with Gasteiger partial charge >= 0.3 is 0 Å². The Bertz CT molecular complexity index is 293. The fourth-order valence-corrected chi connectivity index (χ4v) is 1.68. The monoisotopic (exact) mass is 223 g/mol. The molecule has 0 saturated heterocycles. The summed E-state index contributed by atoms with van der Waals surface area (Å²) in [4.78, 5) is 11.6. The Labute approximate surface area is 97.2 Å². The average Bonchev–Trinajstić information content (AvgIpc) is 2.82. The lowest BCUT2D eigenvalue weighted by Gasteiger charge is -2.14. The molecular formula is C13H21NO2. The van der Waals surface area contributed by atoms with Crippen molar-refractivity contribution in [3.8, 4) is 0 Å². The number of carbonyl (C=O) groups is 1. The maximum atomic E-state index is 11.6. The van der Waals surface area contributed by atoms with Gasteiger partial charge in [0, 0.05) is 6.54 Å². The van der Waals surface area contributed by atoms with E-state index < -0.39 is 0 Å². The van der Waals surface area contributed by atoms with Gasteiger partial charge in [0.15, 0.2) is 5.76 Å². The molecule has 1 rings (SSSR count). The van der Waals surface area contributed by atoms with Crippen LogP contribution in [-0.2, 0) is 0 Å². The molecule has 1 atom stereocenters. The van der Waals surface area contributed by atoms with E-state index >= 15 is 0 Å². The predicted molar refractivity (Wildman–Crippen MR) is 64.3 cm³/mol. The lowest BCUT2D eigenvalue weighted by molar-refractivity contribution is 0.0918. The molecule has 1 N–H and O–H groups in total. The molecule has 1 unspecified atom stereocenters. The van der Waals surface area contributed by atoms with Crippen molar-refractivity contribution in [3.05, 3.63) is 24.2 Å². The maximum Gasteiger partial charge on any atom is 0.286 e. The Morgan fingerprint density at radius 2 is 2.31 bits per heavy atom. The molecule has 3 heteroatoms. The first kappa shape index (κ1) is 12.8. The predicted octanol–water partition coefficient (Wildman–Crippen LogP) is 3.23. The van der Waals surface area contributed by atoms with Crippen LogP contribution >= 0.6 is 0 Å². The molecule has 1 aromatic rings. The fraction of sp³-hybridized carbons (Fsp3) is 0.615. The molecule has 3 nitrogen and oxygen atoms in total. The number of unbranched alkanes of at least 4 members (excludes halogenated alkanes) is 1. The van der Waals surface area contributed by atoms with Crippen LogP contribution in [0.5, 0.6) is 0 Å². The van der Waals surface area contributed by atoms with Crippen molar-refractivity contribution in [3.63, 3.8) is 0 Å². The highest BCUT2D eigenvalue weighted by Crippen LogP contribution is 2.11. The molecule has 16 heavy (non-hydrogen) atoms. The molecule has 1 aromatic heterocycles. The third-order valence-electron chi connectivity index (χ3n) is 2.84. The zero-order chi connectivity index (χ0) is 11.8. The maximum absolute atomic E-state index is 11.6. The van der Waals surface area contributed by atoms with E-state index in [0.717, 1.165) is 13.0 Å². The minimum absolute atomic E-state index is 0.111. The first-order chi connectivity index (χ1) is 7.77. The number of hydrogen-bond donors (Lipinski definition) is 1. The van der Waals surface area contributed by atoms with Crippen molar-refractivity contribution >= 4 is 5.91 Å². The Morgan fingerprint density at radius 3 is 2.88 bits per heavy atom. The summed E-state index contributed by atoms with van der Waals surface area (Å²) in [5, 5.41) is 2.91. The second-order valence-electron chi connectivity index (χ2n) is 4.10. The van der Waals surface area contributed by atoms with Gasteiger partial charge in [-0.2, -0.15) is 0 Å². The average molecular weight is 223 g/mol. The largest absolute Gasteiger partial charge is 0.459 e. The third kappa shape index (κ3) is 4.09. The van der Waals surface area contributed by atoms with Gasteiger partial charge in [-0.1, -0.05) is 33.1 Å². The normalized spacial score (nSPS) is 12.4. The number of hydrogen-bond acceptors (Lipinski definition) is 2. The summed E-state index contributed by atoms with van der Waals surface area (Å²) in [5.41, 5.74) is 0. The van der Waals surface area contributed by atoms with E-state index in [-0.39, 0.29) is 5.91 Å². The van der Waals surface area contributed by atoms with Crippen molar-refractivity contribution in [1.82, 2.24) is 5.32 Å². The summed E-state index contributed by atoms with van der Waals surface area (Å²) >= 11 is 0. The van der Waals surface area contributed by atoms with Crippen LogP contribution in [-0.4, -0.2) is 12.5 Å². The highest BCUT2D eigenvalue weighted by molar-refractivity contribution is 5.91. The van der Waals surface area contributed by atoms with Gasteiger partial charge in [0.1, 0.15) is 0 Å². The lowest BCUT2D eigenvalue weighted by Crippen LogP contribution is -2.28. The zero-order valence-electron chi connectivity index (χ0n) is 10.2. The van der Waals surface area contributed by atoms with Gasteiger partial charge in [0.05, 0.1) is 6.26 Å². The van der Waals surface area contributed by atoms with Crippen LogP contribution in [0.1, 0.15) is 50.1 Å². The minimum atomic E-state index is -0.111. The second-order valence-corrected chi connectivity index (χ2v) is 4.10. The van der Waals surface area contributed by atoms with Gasteiger partial charge in [-0.05, 0) is 24.5 Å². The molecule has 0 aliphatic rings. The molecule has 0 aliphatic carbocycles. The van der Waals surface area contributed by atoms with Crippen molar-refractivity contribution in [2.24, 2.45) is 5.92 Å². The van der Waals surface area contributed by atoms with E-state index in [0.29, 0.717) is 11.7 Å². The Hall–Kier alpha value is -1.25. The van der Waals surface area contributed by atoms with Crippen molar-refractivity contribution in [2.45, 2.75) is 39.5 Å². The molecular weight excluding hydrogens is 202 g/mol. The van der Waals surface area contributed by atoms with Crippen LogP contribution in [0.2, 0.25) is 0 Å². The summed E-state index contributed by atoms with van der Waals surface area (Å²) in [6, 6.07) is 3.41. The van der Waals surface area contributed by atoms with Gasteiger partial charge in [-0.15, -0.1) is 0 Å². The summed E-state index contributed by atoms with van der Waals surface area (Å²) in [6.45, 7) is 5.10. The van der Waals surface area contributed by atoms with Gasteiger partial charge in [0.2, 0.25) is 0 Å². The quantitative estimate of drug-likeness (QED) is 0.771. The molecule has 0 radical (unpaired) electrons. The summed E-state index contributed by atoms with van der Waals surface area (Å²) in [6.07, 6.45) is 6.25. The number of nitrogens with one attached hydrogen (secondary N) is 1. The van der Waals surface area contributed by atoms with Crippen LogP contribution in [0, 0.1) is 5.92 Å². The molecule has 0 spiro atoms. The number of amides is 1. The molecule has 90 valence electrons. The number of carbonyl (C=O) groups excluding carboxylic acids is 1. The zero-order valence-corrected chi connectivity index (χ0v) is 10.2. The van der Waals surface area contributed by atoms with E-state index in [9.17, 15) is 4.79 Å². The first-order valence-corrected chi connectivity index (χ1v) is 6.09. The molecule has 0 bridgehead atoms. The second kappa shape index (κ2) is 7.09. The summed E-state index contributed by atoms with van der Waals surface area (Å²) in [5.74, 6) is 0.865. The van der Waals surface area contributed by atoms with Crippen LogP contribution in [0.4, 0.5) is 0 Å². The Morgan fingerprint density at radius 1 is 1.50 bits per heavy atom. The standard InChI is InChI=1S/C13H21NO2/c1-3-5-7-11(4-2)10-14-13(15)12-8-6-9-16-12/h6,8-9,11H,3-5,7,10H2,1-2H3,(H,14,15). The topological polar surface area (TPSA) is 42.2 Å². The summed E-state index contributed by atoms with van der Waals surface area (Å²) in [7, 11) is 0. The number of furan rings is 1. The van der Waals surface area contributed by atoms with Crippen LogP contribution in [0.25, 0.3) is 0 Å². The first-order valence-electron chi connectivity index (χ1n) is 6.09. The van der Waals surface area contributed by atoms with Gasteiger partial charge in [0.25, 0.3) is 5.91 Å². The molecule has 0 fully saturated rings. The lowest BCUT2D eigenvalue weighted by atomic mass is 9.99. The smallest absolute Gasteiger partial charge is 0.286 e. The molecule has 0 aliphatic heterocycles. The van der Waals surface area contributed by atoms with E-state index in [4.69, 9.17) is 4.42 Å². The van der Waals surface area contributed by atoms with Gasteiger partial charge < -0.3 is 9.73 Å².